The number of carbonyl (C=O) groups excluding carboxylic acids is 1. The van der Waals surface area contributed by atoms with Gasteiger partial charge in [0.05, 0.1) is 12.2 Å². The Morgan fingerprint density at radius 1 is 1.37 bits per heavy atom. The van der Waals surface area contributed by atoms with Gasteiger partial charge < -0.3 is 19.5 Å². The number of hydrogen-bond acceptors (Lipinski definition) is 5. The van der Waals surface area contributed by atoms with Gasteiger partial charge in [0.25, 0.3) is 5.91 Å². The average molecular weight is 375 g/mol. The van der Waals surface area contributed by atoms with Crippen LogP contribution >= 0.6 is 0 Å². The summed E-state index contributed by atoms with van der Waals surface area (Å²) in [5.74, 6) is 0.193. The molecule has 1 saturated heterocycles. The Balaban J connectivity index is 1.61. The van der Waals surface area contributed by atoms with E-state index < -0.39 is 5.82 Å². The van der Waals surface area contributed by atoms with Crippen molar-refractivity contribution < 1.29 is 18.4 Å². The minimum absolute atomic E-state index is 0.0299. The van der Waals surface area contributed by atoms with Gasteiger partial charge >= 0.3 is 0 Å². The summed E-state index contributed by atoms with van der Waals surface area (Å²) in [4.78, 5) is 14.6. The van der Waals surface area contributed by atoms with Crippen molar-refractivity contribution in [3.63, 3.8) is 0 Å². The highest BCUT2D eigenvalue weighted by Crippen LogP contribution is 2.23. The normalized spacial score (nSPS) is 15.9. The number of benzene rings is 1. The molecule has 1 aromatic heterocycles. The first-order valence-corrected chi connectivity index (χ1v) is 9.31. The summed E-state index contributed by atoms with van der Waals surface area (Å²) in [5, 5.41) is 6.73. The predicted octanol–water partition coefficient (Wildman–Crippen LogP) is 3.34. The van der Waals surface area contributed by atoms with Gasteiger partial charge in [0.1, 0.15) is 6.10 Å². The SMILES string of the molecule is CC(C)c1cc(CNC(=O)c2ccc(F)c(OC3CCN(C)CC3)c2)on1. The molecule has 0 unspecified atom stereocenters. The third kappa shape index (κ3) is 5.07. The molecule has 27 heavy (non-hydrogen) atoms. The van der Waals surface area contributed by atoms with E-state index in [0.717, 1.165) is 31.6 Å². The summed E-state index contributed by atoms with van der Waals surface area (Å²) >= 11 is 0. The van der Waals surface area contributed by atoms with Gasteiger partial charge in [0.2, 0.25) is 0 Å². The minimum atomic E-state index is -0.456. The maximum atomic E-state index is 14.1. The number of rotatable bonds is 6. The smallest absolute Gasteiger partial charge is 0.251 e. The monoisotopic (exact) mass is 375 g/mol. The van der Waals surface area contributed by atoms with E-state index in [2.05, 4.69) is 22.4 Å². The number of piperidine rings is 1. The fourth-order valence-corrected chi connectivity index (χ4v) is 2.97. The van der Waals surface area contributed by atoms with Crippen molar-refractivity contribution in [2.24, 2.45) is 0 Å². The molecular formula is C20H26FN3O3. The fraction of sp³-hybridized carbons (Fsp3) is 0.500. The number of hydrogen-bond donors (Lipinski definition) is 1. The number of carbonyl (C=O) groups is 1. The van der Waals surface area contributed by atoms with E-state index in [-0.39, 0.29) is 30.2 Å². The van der Waals surface area contributed by atoms with Crippen LogP contribution < -0.4 is 10.1 Å². The van der Waals surface area contributed by atoms with Crippen molar-refractivity contribution in [1.82, 2.24) is 15.4 Å². The van der Waals surface area contributed by atoms with Gasteiger partial charge in [-0.3, -0.25) is 4.79 Å². The molecule has 1 aliphatic heterocycles. The molecular weight excluding hydrogens is 349 g/mol. The highest BCUT2D eigenvalue weighted by Gasteiger charge is 2.20. The van der Waals surface area contributed by atoms with E-state index in [1.165, 1.54) is 18.2 Å². The molecule has 1 aliphatic rings. The zero-order chi connectivity index (χ0) is 19.4. The highest BCUT2D eigenvalue weighted by molar-refractivity contribution is 5.94. The van der Waals surface area contributed by atoms with Gasteiger partial charge in [0.15, 0.2) is 17.3 Å². The topological polar surface area (TPSA) is 67.6 Å². The second-order valence-electron chi connectivity index (χ2n) is 7.32. The lowest BCUT2D eigenvalue weighted by Crippen LogP contribution is -2.35. The molecule has 7 heteroatoms. The van der Waals surface area contributed by atoms with Crippen molar-refractivity contribution in [1.29, 1.82) is 0 Å². The Morgan fingerprint density at radius 2 is 2.11 bits per heavy atom. The number of nitrogens with zero attached hydrogens (tertiary/aromatic N) is 2. The molecule has 2 heterocycles. The highest BCUT2D eigenvalue weighted by atomic mass is 19.1. The first kappa shape index (κ1) is 19.4. The molecule has 0 bridgehead atoms. The van der Waals surface area contributed by atoms with Crippen molar-refractivity contribution in [2.45, 2.75) is 45.3 Å². The van der Waals surface area contributed by atoms with E-state index in [0.29, 0.717) is 11.3 Å². The number of ether oxygens (including phenoxy) is 1. The summed E-state index contributed by atoms with van der Waals surface area (Å²) in [6.45, 7) is 6.10. The Kier molecular flexibility index (Phi) is 6.11. The lowest BCUT2D eigenvalue weighted by atomic mass is 10.1. The van der Waals surface area contributed by atoms with Crippen LogP contribution in [0.3, 0.4) is 0 Å². The van der Waals surface area contributed by atoms with Crippen LogP contribution in [0.15, 0.2) is 28.8 Å². The van der Waals surface area contributed by atoms with E-state index in [4.69, 9.17) is 9.26 Å². The van der Waals surface area contributed by atoms with Gasteiger partial charge in [-0.05, 0) is 44.0 Å². The summed E-state index contributed by atoms with van der Waals surface area (Å²) in [6, 6.07) is 6.00. The number of likely N-dealkylation sites (tertiary alicyclic amines) is 1. The molecule has 1 amide bonds. The minimum Gasteiger partial charge on any atom is -0.487 e. The molecule has 6 nitrogen and oxygen atoms in total. The summed E-state index contributed by atoms with van der Waals surface area (Å²) in [6.07, 6.45) is 1.66. The molecule has 146 valence electrons. The van der Waals surface area contributed by atoms with Crippen molar-refractivity contribution >= 4 is 5.91 Å². The van der Waals surface area contributed by atoms with Crippen LogP contribution in [0.5, 0.6) is 5.75 Å². The maximum Gasteiger partial charge on any atom is 0.251 e. The Bertz CT molecular complexity index is 783. The first-order chi connectivity index (χ1) is 12.9. The molecule has 0 aliphatic carbocycles. The molecule has 0 saturated carbocycles. The molecule has 1 aromatic carbocycles. The van der Waals surface area contributed by atoms with Crippen LogP contribution in [-0.4, -0.2) is 42.2 Å². The standard InChI is InChI=1S/C20H26FN3O3/c1-13(2)18-11-16(27-23-18)12-22-20(25)14-4-5-17(21)19(10-14)26-15-6-8-24(3)9-7-15/h4-5,10-11,13,15H,6-9,12H2,1-3H3,(H,22,25). The zero-order valence-electron chi connectivity index (χ0n) is 16.0. The molecule has 1 N–H and O–H groups in total. The molecule has 2 aromatic rings. The van der Waals surface area contributed by atoms with Gasteiger partial charge in [0, 0.05) is 24.7 Å². The van der Waals surface area contributed by atoms with Gasteiger partial charge in [-0.2, -0.15) is 0 Å². The second-order valence-corrected chi connectivity index (χ2v) is 7.32. The van der Waals surface area contributed by atoms with Crippen LogP contribution in [0.1, 0.15) is 54.4 Å². The van der Waals surface area contributed by atoms with Crippen LogP contribution in [0.4, 0.5) is 4.39 Å². The second kappa shape index (κ2) is 8.52. The van der Waals surface area contributed by atoms with Gasteiger partial charge in [-0.25, -0.2) is 4.39 Å². The molecule has 1 fully saturated rings. The number of aromatic nitrogens is 1. The van der Waals surface area contributed by atoms with E-state index in [1.54, 1.807) is 0 Å². The van der Waals surface area contributed by atoms with Crippen LogP contribution in [0, 0.1) is 5.82 Å². The molecule has 0 radical (unpaired) electrons. The van der Waals surface area contributed by atoms with E-state index in [1.807, 2.05) is 19.9 Å². The maximum absolute atomic E-state index is 14.1. The largest absolute Gasteiger partial charge is 0.487 e. The van der Waals surface area contributed by atoms with Crippen molar-refractivity contribution in [3.05, 3.63) is 47.1 Å². The first-order valence-electron chi connectivity index (χ1n) is 9.31. The molecule has 0 atom stereocenters. The number of nitrogens with one attached hydrogen (secondary N) is 1. The Hall–Kier alpha value is -2.41. The molecule has 3 rings (SSSR count). The third-order valence-corrected chi connectivity index (χ3v) is 4.74. The van der Waals surface area contributed by atoms with Crippen LogP contribution in [-0.2, 0) is 6.54 Å². The number of halogens is 1. The predicted molar refractivity (Wildman–Crippen MR) is 99.3 cm³/mol. The lowest BCUT2D eigenvalue weighted by Gasteiger charge is -2.29. The number of amides is 1. The van der Waals surface area contributed by atoms with Gasteiger partial charge in [-0.15, -0.1) is 0 Å². The third-order valence-electron chi connectivity index (χ3n) is 4.74. The summed E-state index contributed by atoms with van der Waals surface area (Å²) in [7, 11) is 2.06. The van der Waals surface area contributed by atoms with Crippen LogP contribution in [0.25, 0.3) is 0 Å². The lowest BCUT2D eigenvalue weighted by molar-refractivity contribution is 0.0942. The van der Waals surface area contributed by atoms with Crippen molar-refractivity contribution in [3.8, 4) is 5.75 Å². The van der Waals surface area contributed by atoms with E-state index >= 15 is 0 Å². The van der Waals surface area contributed by atoms with E-state index in [9.17, 15) is 9.18 Å². The summed E-state index contributed by atoms with van der Waals surface area (Å²) < 4.78 is 25.1. The Labute approximate surface area is 158 Å². The van der Waals surface area contributed by atoms with Crippen LogP contribution in [0.2, 0.25) is 0 Å². The van der Waals surface area contributed by atoms with Gasteiger partial charge in [-0.1, -0.05) is 19.0 Å². The summed E-state index contributed by atoms with van der Waals surface area (Å²) in [5.41, 5.74) is 1.19. The molecule has 0 spiro atoms. The van der Waals surface area contributed by atoms with Crippen molar-refractivity contribution in [2.75, 3.05) is 20.1 Å². The fourth-order valence-electron chi connectivity index (χ4n) is 2.97. The quantitative estimate of drug-likeness (QED) is 0.839. The Morgan fingerprint density at radius 3 is 2.78 bits per heavy atom. The zero-order valence-corrected chi connectivity index (χ0v) is 16.0. The average Bonchev–Trinajstić information content (AvgIpc) is 3.13.